The molecule has 0 atom stereocenters. The number of halogens is 1. The van der Waals surface area contributed by atoms with E-state index in [2.05, 4.69) is 20.9 Å². The molecule has 21 heavy (non-hydrogen) atoms. The van der Waals surface area contributed by atoms with Crippen LogP contribution in [0.1, 0.15) is 5.56 Å². The molecule has 7 nitrogen and oxygen atoms in total. The monoisotopic (exact) mass is 349 g/mol. The summed E-state index contributed by atoms with van der Waals surface area (Å²) in [5, 5.41) is 20.0. The molecule has 106 valence electrons. The second kappa shape index (κ2) is 6.19. The predicted octanol–water partition coefficient (Wildman–Crippen LogP) is 3.42. The molecular formula is C13H8BrN3O4. The third-order valence-electron chi connectivity index (χ3n) is 2.54. The zero-order valence-corrected chi connectivity index (χ0v) is 12.3. The Balaban J connectivity index is 2.45. The largest absolute Gasteiger partial charge is 0.497 e. The maximum atomic E-state index is 11.1. The Morgan fingerprint density at radius 3 is 2.76 bits per heavy atom. The highest BCUT2D eigenvalue weighted by molar-refractivity contribution is 9.10. The fourth-order valence-corrected chi connectivity index (χ4v) is 2.01. The number of rotatable bonds is 4. The van der Waals surface area contributed by atoms with Crippen LogP contribution in [-0.2, 0) is 0 Å². The third-order valence-corrected chi connectivity index (χ3v) is 3.16. The van der Waals surface area contributed by atoms with Crippen LogP contribution in [-0.4, -0.2) is 17.0 Å². The summed E-state index contributed by atoms with van der Waals surface area (Å²) in [4.78, 5) is 14.2. The number of hydrogen-bond acceptors (Lipinski definition) is 6. The average molecular weight is 350 g/mol. The lowest BCUT2D eigenvalue weighted by Crippen LogP contribution is -1.99. The predicted molar refractivity (Wildman–Crippen MR) is 76.4 cm³/mol. The van der Waals surface area contributed by atoms with E-state index in [0.717, 1.165) is 0 Å². The molecule has 8 heteroatoms. The summed E-state index contributed by atoms with van der Waals surface area (Å²) in [7, 11) is 1.52. The van der Waals surface area contributed by atoms with Crippen molar-refractivity contribution in [3.63, 3.8) is 0 Å². The van der Waals surface area contributed by atoms with E-state index < -0.39 is 10.6 Å². The second-order valence-electron chi connectivity index (χ2n) is 3.78. The summed E-state index contributed by atoms with van der Waals surface area (Å²) in [6, 6.07) is 7.86. The third kappa shape index (κ3) is 3.09. The van der Waals surface area contributed by atoms with Gasteiger partial charge in [0.15, 0.2) is 0 Å². The molecule has 0 aliphatic carbocycles. The Morgan fingerprint density at radius 2 is 2.19 bits per heavy atom. The van der Waals surface area contributed by atoms with E-state index in [-0.39, 0.29) is 11.4 Å². The highest BCUT2D eigenvalue weighted by atomic mass is 79.9. The second-order valence-corrected chi connectivity index (χ2v) is 4.63. The number of hydrogen-bond donors (Lipinski definition) is 0. The van der Waals surface area contributed by atoms with Gasteiger partial charge in [-0.05, 0) is 40.2 Å². The van der Waals surface area contributed by atoms with E-state index in [1.165, 1.54) is 19.4 Å². The molecule has 1 aromatic carbocycles. The molecule has 0 fully saturated rings. The number of nitro groups is 1. The fourth-order valence-electron chi connectivity index (χ4n) is 1.57. The summed E-state index contributed by atoms with van der Waals surface area (Å²) < 4.78 is 11.0. The van der Waals surface area contributed by atoms with E-state index >= 15 is 0 Å². The summed E-state index contributed by atoms with van der Waals surface area (Å²) in [5.74, 6) is 0.675. The fraction of sp³-hybridized carbons (Fsp3) is 0.0769. The number of benzene rings is 1. The lowest BCUT2D eigenvalue weighted by molar-refractivity contribution is -0.386. The molecule has 0 unspecified atom stereocenters. The number of aromatic nitrogens is 1. The van der Waals surface area contributed by atoms with Gasteiger partial charge in [0.05, 0.1) is 16.5 Å². The van der Waals surface area contributed by atoms with Crippen LogP contribution in [0.5, 0.6) is 17.4 Å². The van der Waals surface area contributed by atoms with Crippen LogP contribution in [0, 0.1) is 21.4 Å². The SMILES string of the molecule is COc1ccc(Oc2nccc(C#N)c2[N+](=O)[O-])c(Br)c1. The first-order valence-electron chi connectivity index (χ1n) is 5.61. The minimum Gasteiger partial charge on any atom is -0.497 e. The first-order chi connectivity index (χ1) is 10.1. The Hall–Kier alpha value is -2.66. The van der Waals surface area contributed by atoms with E-state index in [0.29, 0.717) is 16.0 Å². The van der Waals surface area contributed by atoms with Gasteiger partial charge in [0.25, 0.3) is 0 Å². The Labute approximate surface area is 128 Å². The Bertz CT molecular complexity index is 743. The summed E-state index contributed by atoms with van der Waals surface area (Å²) in [6.07, 6.45) is 1.28. The van der Waals surface area contributed by atoms with Gasteiger partial charge in [0.2, 0.25) is 0 Å². The quantitative estimate of drug-likeness (QED) is 0.619. The lowest BCUT2D eigenvalue weighted by Gasteiger charge is -2.08. The summed E-state index contributed by atoms with van der Waals surface area (Å²) >= 11 is 3.27. The molecule has 0 aliphatic rings. The zero-order valence-electron chi connectivity index (χ0n) is 10.7. The molecule has 0 aliphatic heterocycles. The van der Waals surface area contributed by atoms with Gasteiger partial charge in [-0.1, -0.05) is 0 Å². The van der Waals surface area contributed by atoms with Crippen LogP contribution in [0.15, 0.2) is 34.9 Å². The topological polar surface area (TPSA) is 98.3 Å². The van der Waals surface area contributed by atoms with Crippen molar-refractivity contribution in [1.29, 1.82) is 5.26 Å². The maximum absolute atomic E-state index is 11.1. The molecule has 1 heterocycles. The van der Waals surface area contributed by atoms with Gasteiger partial charge in [0, 0.05) is 6.20 Å². The maximum Gasteiger partial charge on any atom is 0.348 e. The van der Waals surface area contributed by atoms with Crippen LogP contribution < -0.4 is 9.47 Å². The van der Waals surface area contributed by atoms with E-state index in [9.17, 15) is 10.1 Å². The normalized spacial score (nSPS) is 9.76. The first kappa shape index (κ1) is 14.7. The van der Waals surface area contributed by atoms with Gasteiger partial charge in [-0.2, -0.15) is 5.26 Å². The van der Waals surface area contributed by atoms with Crippen molar-refractivity contribution in [2.75, 3.05) is 7.11 Å². The van der Waals surface area contributed by atoms with Crippen molar-refractivity contribution in [3.05, 3.63) is 50.6 Å². The molecule has 0 bridgehead atoms. The van der Waals surface area contributed by atoms with Crippen LogP contribution >= 0.6 is 15.9 Å². The first-order valence-corrected chi connectivity index (χ1v) is 6.41. The molecule has 1 aromatic heterocycles. The van der Waals surface area contributed by atoms with Gasteiger partial charge < -0.3 is 9.47 Å². The van der Waals surface area contributed by atoms with Gasteiger partial charge in [0.1, 0.15) is 23.1 Å². The van der Waals surface area contributed by atoms with Crippen molar-refractivity contribution in [3.8, 4) is 23.4 Å². The lowest BCUT2D eigenvalue weighted by atomic mass is 10.2. The summed E-state index contributed by atoms with van der Waals surface area (Å²) in [6.45, 7) is 0. The molecule has 0 spiro atoms. The highest BCUT2D eigenvalue weighted by Gasteiger charge is 2.23. The van der Waals surface area contributed by atoms with Crippen molar-refractivity contribution >= 4 is 21.6 Å². The molecule has 0 N–H and O–H groups in total. The molecule has 2 aromatic rings. The Kier molecular flexibility index (Phi) is 4.35. The molecule has 0 radical (unpaired) electrons. The van der Waals surface area contributed by atoms with Gasteiger partial charge in [-0.25, -0.2) is 4.98 Å². The van der Waals surface area contributed by atoms with Crippen LogP contribution in [0.25, 0.3) is 0 Å². The van der Waals surface area contributed by atoms with Crippen LogP contribution in [0.4, 0.5) is 5.69 Å². The van der Waals surface area contributed by atoms with Crippen LogP contribution in [0.2, 0.25) is 0 Å². The van der Waals surface area contributed by atoms with Crippen LogP contribution in [0.3, 0.4) is 0 Å². The van der Waals surface area contributed by atoms with Crippen molar-refractivity contribution in [1.82, 2.24) is 4.98 Å². The zero-order chi connectivity index (χ0) is 15.4. The smallest absolute Gasteiger partial charge is 0.348 e. The van der Waals surface area contributed by atoms with Gasteiger partial charge >= 0.3 is 11.6 Å². The number of pyridine rings is 1. The minimum absolute atomic E-state index is 0.116. The molecule has 0 saturated carbocycles. The molecular weight excluding hydrogens is 342 g/mol. The van der Waals surface area contributed by atoms with E-state index in [4.69, 9.17) is 14.7 Å². The minimum atomic E-state index is -0.696. The summed E-state index contributed by atoms with van der Waals surface area (Å²) in [5.41, 5.74) is -0.586. The van der Waals surface area contributed by atoms with Gasteiger partial charge in [-0.3, -0.25) is 10.1 Å². The van der Waals surface area contributed by atoms with Crippen molar-refractivity contribution in [2.24, 2.45) is 0 Å². The number of methoxy groups -OCH3 is 1. The Morgan fingerprint density at radius 1 is 1.43 bits per heavy atom. The standard InChI is InChI=1S/C13H8BrN3O4/c1-20-9-2-3-11(10(14)6-9)21-13-12(17(18)19)8(7-15)4-5-16-13/h2-6H,1H3. The molecule has 2 rings (SSSR count). The van der Waals surface area contributed by atoms with E-state index in [1.54, 1.807) is 24.3 Å². The number of nitriles is 1. The molecule has 0 saturated heterocycles. The number of nitrogens with zero attached hydrogens (tertiary/aromatic N) is 3. The average Bonchev–Trinajstić information content (AvgIpc) is 2.48. The van der Waals surface area contributed by atoms with Crippen molar-refractivity contribution < 1.29 is 14.4 Å². The number of ether oxygens (including phenoxy) is 2. The van der Waals surface area contributed by atoms with Gasteiger partial charge in [-0.15, -0.1) is 0 Å². The van der Waals surface area contributed by atoms with E-state index in [1.807, 2.05) is 0 Å². The molecule has 0 amide bonds. The van der Waals surface area contributed by atoms with Crippen molar-refractivity contribution in [2.45, 2.75) is 0 Å². The highest BCUT2D eigenvalue weighted by Crippen LogP contribution is 2.36.